The molecule has 0 saturated carbocycles. The first-order chi connectivity index (χ1) is 9.16. The molecular weight excluding hydrogens is 244 g/mol. The minimum absolute atomic E-state index is 0.0864. The van der Waals surface area contributed by atoms with E-state index < -0.39 is 5.97 Å². The Morgan fingerprint density at radius 2 is 2.00 bits per heavy atom. The zero-order chi connectivity index (χ0) is 13.7. The molecule has 0 radical (unpaired) electrons. The van der Waals surface area contributed by atoms with Crippen molar-refractivity contribution in [3.63, 3.8) is 0 Å². The van der Waals surface area contributed by atoms with Crippen molar-refractivity contribution in [2.45, 2.75) is 25.8 Å². The van der Waals surface area contributed by atoms with Gasteiger partial charge < -0.3 is 15.3 Å². The van der Waals surface area contributed by atoms with Crippen LogP contribution in [0, 0.1) is 0 Å². The Morgan fingerprint density at radius 1 is 1.26 bits per heavy atom. The zero-order valence-corrected chi connectivity index (χ0v) is 10.8. The number of carboxylic acids is 1. The van der Waals surface area contributed by atoms with E-state index in [0.29, 0.717) is 26.1 Å². The Kier molecular flexibility index (Phi) is 4.39. The fraction of sp³-hybridized carbons (Fsp3) is 0.429. The van der Waals surface area contributed by atoms with Gasteiger partial charge in [0, 0.05) is 26.1 Å². The van der Waals surface area contributed by atoms with Gasteiger partial charge in [0.25, 0.3) is 0 Å². The zero-order valence-electron chi connectivity index (χ0n) is 10.8. The molecule has 1 aliphatic heterocycles. The molecule has 102 valence electrons. The predicted molar refractivity (Wildman–Crippen MR) is 70.8 cm³/mol. The summed E-state index contributed by atoms with van der Waals surface area (Å²) in [6.45, 7) is 1.74. The number of nitrogens with one attached hydrogen (secondary N) is 1. The molecule has 0 saturated heterocycles. The molecule has 0 atom stereocenters. The van der Waals surface area contributed by atoms with Crippen LogP contribution >= 0.6 is 0 Å². The fourth-order valence-corrected chi connectivity index (χ4v) is 2.22. The lowest BCUT2D eigenvalue weighted by molar-refractivity contribution is -0.137. The molecule has 0 bridgehead atoms. The Morgan fingerprint density at radius 3 is 2.74 bits per heavy atom. The Labute approximate surface area is 112 Å². The summed E-state index contributed by atoms with van der Waals surface area (Å²) in [5.41, 5.74) is 2.49. The van der Waals surface area contributed by atoms with Crippen LogP contribution in [0.5, 0.6) is 0 Å². The number of benzene rings is 1. The molecule has 0 spiro atoms. The molecule has 2 amide bonds. The Balaban J connectivity index is 1.80. The van der Waals surface area contributed by atoms with Crippen molar-refractivity contribution >= 4 is 12.0 Å². The van der Waals surface area contributed by atoms with E-state index in [1.807, 2.05) is 18.2 Å². The van der Waals surface area contributed by atoms with Crippen LogP contribution in [0.3, 0.4) is 0 Å². The van der Waals surface area contributed by atoms with E-state index in [0.717, 1.165) is 6.42 Å². The van der Waals surface area contributed by atoms with Gasteiger partial charge in [0.1, 0.15) is 0 Å². The Hall–Kier alpha value is -2.04. The van der Waals surface area contributed by atoms with Gasteiger partial charge in [-0.15, -0.1) is 0 Å². The van der Waals surface area contributed by atoms with Crippen molar-refractivity contribution in [3.05, 3.63) is 35.4 Å². The van der Waals surface area contributed by atoms with E-state index >= 15 is 0 Å². The van der Waals surface area contributed by atoms with Gasteiger partial charge in [0.15, 0.2) is 0 Å². The van der Waals surface area contributed by atoms with Crippen molar-refractivity contribution in [1.82, 2.24) is 10.2 Å². The summed E-state index contributed by atoms with van der Waals surface area (Å²) in [5.74, 6) is -0.832. The molecule has 2 rings (SSSR count). The number of hydrogen-bond donors (Lipinski definition) is 2. The van der Waals surface area contributed by atoms with Crippen molar-refractivity contribution in [2.75, 3.05) is 13.1 Å². The second-order valence-electron chi connectivity index (χ2n) is 4.67. The number of fused-ring (bicyclic) bond motifs is 1. The van der Waals surface area contributed by atoms with Crippen LogP contribution in [0.4, 0.5) is 4.79 Å². The van der Waals surface area contributed by atoms with E-state index in [4.69, 9.17) is 5.11 Å². The first kappa shape index (κ1) is 13.4. The summed E-state index contributed by atoms with van der Waals surface area (Å²) < 4.78 is 0. The van der Waals surface area contributed by atoms with Crippen LogP contribution in [-0.4, -0.2) is 35.1 Å². The highest BCUT2D eigenvalue weighted by molar-refractivity contribution is 5.74. The summed E-state index contributed by atoms with van der Waals surface area (Å²) in [6, 6.07) is 8.02. The highest BCUT2D eigenvalue weighted by Gasteiger charge is 2.19. The third kappa shape index (κ3) is 3.71. The van der Waals surface area contributed by atoms with Gasteiger partial charge in [0.05, 0.1) is 0 Å². The van der Waals surface area contributed by atoms with E-state index in [1.165, 1.54) is 11.1 Å². The average Bonchev–Trinajstić information content (AvgIpc) is 2.42. The minimum atomic E-state index is -0.832. The summed E-state index contributed by atoms with van der Waals surface area (Å²) in [7, 11) is 0. The molecule has 2 N–H and O–H groups in total. The van der Waals surface area contributed by atoms with Gasteiger partial charge in [-0.1, -0.05) is 24.3 Å². The normalized spacial score (nSPS) is 13.8. The predicted octanol–water partition coefficient (Wildman–Crippen LogP) is 1.62. The van der Waals surface area contributed by atoms with Gasteiger partial charge in [0.2, 0.25) is 0 Å². The van der Waals surface area contributed by atoms with Crippen molar-refractivity contribution < 1.29 is 14.7 Å². The summed E-state index contributed by atoms with van der Waals surface area (Å²) >= 11 is 0. The van der Waals surface area contributed by atoms with Crippen LogP contribution in [0.15, 0.2) is 24.3 Å². The number of amides is 2. The third-order valence-electron chi connectivity index (χ3n) is 3.26. The number of aliphatic carboxylic acids is 1. The largest absolute Gasteiger partial charge is 0.481 e. The van der Waals surface area contributed by atoms with Crippen LogP contribution in [-0.2, 0) is 17.8 Å². The standard InChI is InChI=1S/C14H18N2O3/c17-13(18)6-3-8-15-14(19)16-9-7-11-4-1-2-5-12(11)10-16/h1-2,4-5H,3,6-10H2,(H,15,19)(H,17,18). The smallest absolute Gasteiger partial charge is 0.317 e. The van der Waals surface area contributed by atoms with E-state index in [9.17, 15) is 9.59 Å². The average molecular weight is 262 g/mol. The molecular formula is C14H18N2O3. The molecule has 1 aliphatic rings. The van der Waals surface area contributed by atoms with E-state index in [1.54, 1.807) is 4.90 Å². The summed E-state index contributed by atoms with van der Waals surface area (Å²) in [4.78, 5) is 24.0. The molecule has 0 aliphatic carbocycles. The van der Waals surface area contributed by atoms with Gasteiger partial charge in [-0.3, -0.25) is 4.79 Å². The van der Waals surface area contributed by atoms with Gasteiger partial charge in [-0.05, 0) is 24.0 Å². The van der Waals surface area contributed by atoms with Crippen molar-refractivity contribution in [1.29, 1.82) is 0 Å². The maximum absolute atomic E-state index is 11.9. The maximum Gasteiger partial charge on any atom is 0.317 e. The van der Waals surface area contributed by atoms with Crippen molar-refractivity contribution in [3.8, 4) is 0 Å². The number of carboxylic acid groups (broad SMARTS) is 1. The molecule has 0 aromatic heterocycles. The van der Waals surface area contributed by atoms with Gasteiger partial charge in [-0.25, -0.2) is 4.79 Å². The second-order valence-corrected chi connectivity index (χ2v) is 4.67. The molecule has 5 heteroatoms. The molecule has 1 aromatic rings. The third-order valence-corrected chi connectivity index (χ3v) is 3.26. The lowest BCUT2D eigenvalue weighted by atomic mass is 10.0. The summed E-state index contributed by atoms with van der Waals surface area (Å²) in [5, 5.41) is 11.3. The quantitative estimate of drug-likeness (QED) is 0.810. The van der Waals surface area contributed by atoms with Crippen molar-refractivity contribution in [2.24, 2.45) is 0 Å². The molecule has 1 aromatic carbocycles. The lowest BCUT2D eigenvalue weighted by Gasteiger charge is -2.28. The number of urea groups is 1. The number of hydrogen-bond acceptors (Lipinski definition) is 2. The van der Waals surface area contributed by atoms with E-state index in [-0.39, 0.29) is 12.5 Å². The number of carbonyl (C=O) groups is 2. The molecule has 1 heterocycles. The first-order valence-electron chi connectivity index (χ1n) is 6.48. The molecule has 5 nitrogen and oxygen atoms in total. The van der Waals surface area contributed by atoms with Crippen LogP contribution in [0.1, 0.15) is 24.0 Å². The Bertz CT molecular complexity index is 474. The van der Waals surface area contributed by atoms with E-state index in [2.05, 4.69) is 11.4 Å². The van der Waals surface area contributed by atoms with Gasteiger partial charge in [-0.2, -0.15) is 0 Å². The highest BCUT2D eigenvalue weighted by Crippen LogP contribution is 2.18. The molecule has 0 fully saturated rings. The van der Waals surface area contributed by atoms with Crippen LogP contribution in [0.2, 0.25) is 0 Å². The second kappa shape index (κ2) is 6.22. The monoisotopic (exact) mass is 262 g/mol. The van der Waals surface area contributed by atoms with Crippen LogP contribution in [0.25, 0.3) is 0 Å². The fourth-order valence-electron chi connectivity index (χ4n) is 2.22. The molecule has 19 heavy (non-hydrogen) atoms. The maximum atomic E-state index is 11.9. The minimum Gasteiger partial charge on any atom is -0.481 e. The number of carbonyl (C=O) groups excluding carboxylic acids is 1. The number of nitrogens with zero attached hydrogens (tertiary/aromatic N) is 1. The highest BCUT2D eigenvalue weighted by atomic mass is 16.4. The first-order valence-corrected chi connectivity index (χ1v) is 6.48. The number of rotatable bonds is 4. The topological polar surface area (TPSA) is 69.6 Å². The lowest BCUT2D eigenvalue weighted by Crippen LogP contribution is -2.43. The van der Waals surface area contributed by atoms with Crippen LogP contribution < -0.4 is 5.32 Å². The SMILES string of the molecule is O=C(O)CCCNC(=O)N1CCc2ccccc2C1. The molecule has 0 unspecified atom stereocenters. The van der Waals surface area contributed by atoms with Gasteiger partial charge >= 0.3 is 12.0 Å². The summed E-state index contributed by atoms with van der Waals surface area (Å²) in [6.07, 6.45) is 1.42.